The Morgan fingerprint density at radius 3 is 1.02 bits per heavy atom. The molecule has 0 radical (unpaired) electrons. The molecule has 0 bridgehead atoms. The van der Waals surface area contributed by atoms with Gasteiger partial charge in [-0.2, -0.15) is 0 Å². The van der Waals surface area contributed by atoms with Gasteiger partial charge in [-0.1, -0.05) is 108 Å². The van der Waals surface area contributed by atoms with Gasteiger partial charge in [0.25, 0.3) is 0 Å². The number of fused-ring (bicyclic) bond motifs is 6. The smallest absolute Gasteiger partial charge is 0.151 e. The first-order valence-electron chi connectivity index (χ1n) is 19.9. The van der Waals surface area contributed by atoms with Gasteiger partial charge in [-0.25, -0.2) is 0 Å². The molecule has 4 heteroatoms. The van der Waals surface area contributed by atoms with Crippen LogP contribution in [0.2, 0.25) is 0 Å². The van der Waals surface area contributed by atoms with Crippen molar-refractivity contribution in [3.05, 3.63) is 192 Å². The topological polar surface area (TPSA) is 24.9 Å². The summed E-state index contributed by atoms with van der Waals surface area (Å²) >= 11 is 0. The van der Waals surface area contributed by atoms with Gasteiger partial charge in [0.1, 0.15) is 0 Å². The van der Waals surface area contributed by atoms with Crippen molar-refractivity contribution in [3.8, 4) is 45.3 Å². The third-order valence-corrected chi connectivity index (χ3v) is 11.8. The van der Waals surface area contributed by atoms with Crippen LogP contribution in [0.5, 0.6) is 23.0 Å². The number of rotatable bonds is 4. The standard InChI is InChI=1S/C54H40N2O2/c1-33-21-25-39(35(3)29-33)53-41-27-23-38(56-47-15-7-11-19-51(47)58-52-20-12-8-16-48(52)56)32-44(41)54(40-26-22-34(2)30-36(40)4)42-28-24-37(31-43(42)53)55-45-13-5-9-17-49(45)57-50-18-10-6-14-46(50)55/h5-32H,1-4H3. The van der Waals surface area contributed by atoms with Gasteiger partial charge in [-0.3, -0.25) is 0 Å². The van der Waals surface area contributed by atoms with Crippen LogP contribution < -0.4 is 19.3 Å². The summed E-state index contributed by atoms with van der Waals surface area (Å²) in [6.07, 6.45) is 0. The first-order chi connectivity index (χ1) is 28.4. The van der Waals surface area contributed by atoms with Gasteiger partial charge < -0.3 is 19.3 Å². The Bertz CT molecular complexity index is 2840. The second-order valence-corrected chi connectivity index (χ2v) is 15.6. The zero-order valence-corrected chi connectivity index (χ0v) is 32.9. The summed E-state index contributed by atoms with van der Waals surface area (Å²) in [5.74, 6) is 3.35. The number of benzene rings is 9. The molecule has 0 spiro atoms. The molecule has 58 heavy (non-hydrogen) atoms. The predicted octanol–water partition coefficient (Wildman–Crippen LogP) is 15.7. The molecule has 0 N–H and O–H groups in total. The number of hydrogen-bond acceptors (Lipinski definition) is 4. The van der Waals surface area contributed by atoms with Crippen LogP contribution in [0.3, 0.4) is 0 Å². The van der Waals surface area contributed by atoms with Crippen LogP contribution in [0.15, 0.2) is 170 Å². The molecular weight excluding hydrogens is 709 g/mol. The lowest BCUT2D eigenvalue weighted by Crippen LogP contribution is -2.16. The van der Waals surface area contributed by atoms with E-state index in [9.17, 15) is 0 Å². The molecule has 0 saturated heterocycles. The lowest BCUT2D eigenvalue weighted by atomic mass is 9.83. The van der Waals surface area contributed by atoms with E-state index in [1.54, 1.807) is 0 Å². The quantitative estimate of drug-likeness (QED) is 0.167. The first kappa shape index (κ1) is 34.0. The van der Waals surface area contributed by atoms with Crippen molar-refractivity contribution >= 4 is 55.7 Å². The number of para-hydroxylation sites is 8. The fraction of sp³-hybridized carbons (Fsp3) is 0.0741. The third kappa shape index (κ3) is 5.29. The van der Waals surface area contributed by atoms with Crippen molar-refractivity contribution in [2.75, 3.05) is 9.80 Å². The highest BCUT2D eigenvalue weighted by Crippen LogP contribution is 2.55. The van der Waals surface area contributed by atoms with E-state index in [-0.39, 0.29) is 0 Å². The highest BCUT2D eigenvalue weighted by molar-refractivity contribution is 6.23. The summed E-state index contributed by atoms with van der Waals surface area (Å²) in [5, 5.41) is 4.80. The second-order valence-electron chi connectivity index (χ2n) is 15.6. The SMILES string of the molecule is Cc1ccc(-c2c3ccc(N4c5ccccc5Oc5ccccc54)cc3c(-c3ccc(C)cc3C)c3ccc(N4c5ccccc5Oc5ccccc54)cc23)c(C)c1. The predicted molar refractivity (Wildman–Crippen MR) is 241 cm³/mol. The Labute approximate surface area is 338 Å². The number of ether oxygens (including phenoxy) is 2. The average molecular weight is 749 g/mol. The van der Waals surface area contributed by atoms with Crippen LogP contribution in [0.25, 0.3) is 43.8 Å². The highest BCUT2D eigenvalue weighted by Gasteiger charge is 2.29. The second kappa shape index (κ2) is 13.1. The van der Waals surface area contributed by atoms with Crippen LogP contribution >= 0.6 is 0 Å². The molecule has 0 saturated carbocycles. The Morgan fingerprint density at radius 2 is 0.672 bits per heavy atom. The minimum Gasteiger partial charge on any atom is -0.453 e. The molecule has 9 aromatic rings. The van der Waals surface area contributed by atoms with Crippen LogP contribution in [-0.2, 0) is 0 Å². The van der Waals surface area contributed by atoms with Gasteiger partial charge in [-0.05, 0) is 155 Å². The van der Waals surface area contributed by atoms with E-state index in [1.165, 1.54) is 66.1 Å². The molecule has 2 aliphatic heterocycles. The summed E-state index contributed by atoms with van der Waals surface area (Å²) in [6, 6.07) is 61.0. The zero-order valence-electron chi connectivity index (χ0n) is 32.9. The van der Waals surface area contributed by atoms with Crippen LogP contribution in [0.1, 0.15) is 22.3 Å². The zero-order chi connectivity index (χ0) is 39.1. The van der Waals surface area contributed by atoms with Crippen molar-refractivity contribution in [1.29, 1.82) is 0 Å². The van der Waals surface area contributed by atoms with Crippen LogP contribution in [-0.4, -0.2) is 0 Å². The minimum absolute atomic E-state index is 0.837. The van der Waals surface area contributed by atoms with Gasteiger partial charge in [0.15, 0.2) is 23.0 Å². The Morgan fingerprint density at radius 1 is 0.328 bits per heavy atom. The van der Waals surface area contributed by atoms with Crippen molar-refractivity contribution in [1.82, 2.24) is 0 Å². The number of nitrogens with zero attached hydrogens (tertiary/aromatic N) is 2. The van der Waals surface area contributed by atoms with Crippen molar-refractivity contribution in [2.24, 2.45) is 0 Å². The van der Waals surface area contributed by atoms with Crippen molar-refractivity contribution < 1.29 is 9.47 Å². The molecule has 2 aliphatic rings. The molecule has 0 amide bonds. The van der Waals surface area contributed by atoms with Gasteiger partial charge in [0.05, 0.1) is 22.7 Å². The van der Waals surface area contributed by atoms with Crippen molar-refractivity contribution in [2.45, 2.75) is 27.7 Å². The first-order valence-corrected chi connectivity index (χ1v) is 19.9. The van der Waals surface area contributed by atoms with Crippen LogP contribution in [0.4, 0.5) is 34.1 Å². The van der Waals surface area contributed by atoms with E-state index < -0.39 is 0 Å². The molecule has 4 nitrogen and oxygen atoms in total. The summed E-state index contributed by atoms with van der Waals surface area (Å²) in [7, 11) is 0. The summed E-state index contributed by atoms with van der Waals surface area (Å²) in [6.45, 7) is 8.83. The summed E-state index contributed by atoms with van der Waals surface area (Å²) in [4.78, 5) is 4.69. The van der Waals surface area contributed by atoms with E-state index in [0.717, 1.165) is 57.1 Å². The molecule has 0 aromatic heterocycles. The molecule has 11 rings (SSSR count). The van der Waals surface area contributed by atoms with Crippen molar-refractivity contribution in [3.63, 3.8) is 0 Å². The van der Waals surface area contributed by atoms with Gasteiger partial charge in [-0.15, -0.1) is 0 Å². The number of hydrogen-bond donors (Lipinski definition) is 0. The van der Waals surface area contributed by atoms with E-state index in [1.807, 2.05) is 24.3 Å². The highest BCUT2D eigenvalue weighted by atomic mass is 16.5. The maximum absolute atomic E-state index is 6.45. The van der Waals surface area contributed by atoms with Crippen LogP contribution in [0, 0.1) is 27.7 Å². The lowest BCUT2D eigenvalue weighted by molar-refractivity contribution is 0.477. The maximum atomic E-state index is 6.45. The fourth-order valence-electron chi connectivity index (χ4n) is 9.22. The minimum atomic E-state index is 0.837. The number of aryl methyl sites for hydroxylation is 4. The molecule has 0 fully saturated rings. The Balaban J connectivity index is 1.26. The maximum Gasteiger partial charge on any atom is 0.151 e. The normalized spacial score (nSPS) is 12.7. The lowest BCUT2D eigenvalue weighted by Gasteiger charge is -2.33. The molecule has 0 unspecified atom stereocenters. The molecule has 278 valence electrons. The molecule has 0 atom stereocenters. The van der Waals surface area contributed by atoms with E-state index >= 15 is 0 Å². The Kier molecular flexibility index (Phi) is 7.70. The molecule has 9 aromatic carbocycles. The molecule has 2 heterocycles. The third-order valence-electron chi connectivity index (χ3n) is 11.8. The number of anilines is 6. The van der Waals surface area contributed by atoms with Gasteiger partial charge >= 0.3 is 0 Å². The monoisotopic (exact) mass is 748 g/mol. The molecule has 0 aliphatic carbocycles. The van der Waals surface area contributed by atoms with Gasteiger partial charge in [0, 0.05) is 11.4 Å². The van der Waals surface area contributed by atoms with E-state index in [0.29, 0.717) is 0 Å². The fourth-order valence-corrected chi connectivity index (χ4v) is 9.22. The van der Waals surface area contributed by atoms with E-state index in [4.69, 9.17) is 9.47 Å². The largest absolute Gasteiger partial charge is 0.453 e. The Hall–Kier alpha value is -7.30. The van der Waals surface area contributed by atoms with Gasteiger partial charge in [0.2, 0.25) is 0 Å². The van der Waals surface area contributed by atoms with E-state index in [2.05, 4.69) is 183 Å². The summed E-state index contributed by atoms with van der Waals surface area (Å²) < 4.78 is 12.9. The molecular formula is C54H40N2O2. The summed E-state index contributed by atoms with van der Waals surface area (Å²) in [5.41, 5.74) is 16.1. The average Bonchev–Trinajstić information content (AvgIpc) is 3.24.